The maximum absolute atomic E-state index is 12.5. The molecule has 0 radical (unpaired) electrons. The van der Waals surface area contributed by atoms with Crippen LogP contribution >= 0.6 is 0 Å². The van der Waals surface area contributed by atoms with Crippen LogP contribution in [0, 0.1) is 0 Å². The van der Waals surface area contributed by atoms with Crippen molar-refractivity contribution in [3.63, 3.8) is 0 Å². The van der Waals surface area contributed by atoms with Gasteiger partial charge in [-0.2, -0.15) is 0 Å². The molecule has 0 aliphatic heterocycles. The molecule has 0 saturated carbocycles. The summed E-state index contributed by atoms with van der Waals surface area (Å²) in [5, 5.41) is 0. The lowest BCUT2D eigenvalue weighted by Crippen LogP contribution is -2.33. The van der Waals surface area contributed by atoms with Gasteiger partial charge in [0.25, 0.3) is 0 Å². The number of methoxy groups -OCH3 is 1. The minimum absolute atomic E-state index is 0.0295. The molecule has 1 atom stereocenters. The minimum atomic E-state index is -0.877. The summed E-state index contributed by atoms with van der Waals surface area (Å²) in [5.74, 6) is -0.304. The van der Waals surface area contributed by atoms with Gasteiger partial charge in [0.2, 0.25) is 0 Å². The van der Waals surface area contributed by atoms with E-state index in [4.69, 9.17) is 9.47 Å². The molecule has 2 rings (SSSR count). The molecule has 0 heterocycles. The quantitative estimate of drug-likeness (QED) is 0.508. The minimum Gasteiger partial charge on any atom is -0.466 e. The first-order valence-corrected chi connectivity index (χ1v) is 8.46. The topological polar surface area (TPSA) is 52.6 Å². The Morgan fingerprint density at radius 3 is 2.12 bits per heavy atom. The number of rotatable bonds is 9. The summed E-state index contributed by atoms with van der Waals surface area (Å²) in [6, 6.07) is 18.7. The molecule has 0 aliphatic carbocycles. The zero-order valence-electron chi connectivity index (χ0n) is 14.7. The molecule has 0 spiro atoms. The number of carbonyl (C=O) groups is 2. The molecule has 2 aromatic carbocycles. The molecule has 4 heteroatoms. The Hall–Kier alpha value is -2.46. The Bertz CT molecular complexity index is 682. The van der Waals surface area contributed by atoms with Crippen LogP contribution in [0.5, 0.6) is 0 Å². The molecule has 132 valence electrons. The van der Waals surface area contributed by atoms with Gasteiger partial charge in [0.05, 0.1) is 13.0 Å². The first-order valence-electron chi connectivity index (χ1n) is 8.46. The van der Waals surface area contributed by atoms with Gasteiger partial charge in [-0.3, -0.25) is 9.59 Å². The molecule has 2 aromatic rings. The molecular formula is C21H24O4. The van der Waals surface area contributed by atoms with Crippen molar-refractivity contribution < 1.29 is 19.1 Å². The average molecular weight is 340 g/mol. The third-order valence-electron chi connectivity index (χ3n) is 4.28. The molecule has 0 N–H and O–H groups in total. The highest BCUT2D eigenvalue weighted by Gasteiger charge is 2.36. The van der Waals surface area contributed by atoms with E-state index >= 15 is 0 Å². The van der Waals surface area contributed by atoms with Crippen molar-refractivity contribution in [3.8, 4) is 0 Å². The van der Waals surface area contributed by atoms with Crippen LogP contribution in [0.4, 0.5) is 0 Å². The molecule has 25 heavy (non-hydrogen) atoms. The molecule has 0 aliphatic rings. The first-order chi connectivity index (χ1) is 12.1. The SMILES string of the molecule is CCOC(=O)CC(CCC(=O)c1ccccc1)(OC)c1ccccc1. The standard InChI is InChI=1S/C21H24O4/c1-3-25-20(23)16-21(24-2,18-12-8-5-9-13-18)15-14-19(22)17-10-6-4-7-11-17/h4-13H,3,14-16H2,1-2H3. The van der Waals surface area contributed by atoms with Crippen LogP contribution in [0.1, 0.15) is 42.1 Å². The summed E-state index contributed by atoms with van der Waals surface area (Å²) in [5.41, 5.74) is 0.654. The Morgan fingerprint density at radius 1 is 0.960 bits per heavy atom. The van der Waals surface area contributed by atoms with E-state index in [1.165, 1.54) is 0 Å². The lowest BCUT2D eigenvalue weighted by atomic mass is 9.84. The lowest BCUT2D eigenvalue weighted by Gasteiger charge is -2.32. The molecule has 0 bridgehead atoms. The molecule has 0 aromatic heterocycles. The van der Waals surface area contributed by atoms with Gasteiger partial charge in [-0.1, -0.05) is 60.7 Å². The fraction of sp³-hybridized carbons (Fsp3) is 0.333. The summed E-state index contributed by atoms with van der Waals surface area (Å²) in [4.78, 5) is 24.6. The van der Waals surface area contributed by atoms with E-state index in [9.17, 15) is 9.59 Å². The maximum Gasteiger partial charge on any atom is 0.309 e. The molecule has 0 fully saturated rings. The number of ether oxygens (including phenoxy) is 2. The van der Waals surface area contributed by atoms with Gasteiger partial charge in [-0.15, -0.1) is 0 Å². The summed E-state index contributed by atoms with van der Waals surface area (Å²) in [7, 11) is 1.57. The van der Waals surface area contributed by atoms with Gasteiger partial charge in [-0.25, -0.2) is 0 Å². The summed E-state index contributed by atoms with van der Waals surface area (Å²) >= 11 is 0. The van der Waals surface area contributed by atoms with E-state index < -0.39 is 5.60 Å². The van der Waals surface area contributed by atoms with Crippen molar-refractivity contribution >= 4 is 11.8 Å². The van der Waals surface area contributed by atoms with Crippen LogP contribution in [0.15, 0.2) is 60.7 Å². The van der Waals surface area contributed by atoms with E-state index in [1.807, 2.05) is 48.5 Å². The fourth-order valence-corrected chi connectivity index (χ4v) is 2.90. The van der Waals surface area contributed by atoms with Crippen molar-refractivity contribution in [3.05, 3.63) is 71.8 Å². The third kappa shape index (κ3) is 5.00. The predicted octanol–water partition coefficient (Wildman–Crippen LogP) is 4.14. The Labute approximate surface area is 148 Å². The Kier molecular flexibility index (Phi) is 6.90. The highest BCUT2D eigenvalue weighted by atomic mass is 16.5. The first kappa shape index (κ1) is 18.9. The zero-order valence-corrected chi connectivity index (χ0v) is 14.7. The number of ketones is 1. The van der Waals surface area contributed by atoms with Crippen molar-refractivity contribution in [1.82, 2.24) is 0 Å². The van der Waals surface area contributed by atoms with E-state index in [2.05, 4.69) is 0 Å². The number of esters is 1. The number of benzene rings is 2. The molecule has 1 unspecified atom stereocenters. The molecule has 4 nitrogen and oxygen atoms in total. The van der Waals surface area contributed by atoms with Crippen LogP contribution in [0.25, 0.3) is 0 Å². The third-order valence-corrected chi connectivity index (χ3v) is 4.28. The van der Waals surface area contributed by atoms with E-state index in [0.717, 1.165) is 5.56 Å². The molecule has 0 amide bonds. The second-order valence-corrected chi connectivity index (χ2v) is 5.84. The average Bonchev–Trinajstić information content (AvgIpc) is 2.66. The maximum atomic E-state index is 12.5. The van der Waals surface area contributed by atoms with Crippen molar-refractivity contribution in [2.75, 3.05) is 13.7 Å². The fourth-order valence-electron chi connectivity index (χ4n) is 2.90. The monoisotopic (exact) mass is 340 g/mol. The Balaban J connectivity index is 2.21. The van der Waals surface area contributed by atoms with Crippen LogP contribution in [-0.2, 0) is 19.9 Å². The predicted molar refractivity (Wildman–Crippen MR) is 96.4 cm³/mol. The largest absolute Gasteiger partial charge is 0.466 e. The second-order valence-electron chi connectivity index (χ2n) is 5.84. The summed E-state index contributed by atoms with van der Waals surface area (Å²) < 4.78 is 10.9. The van der Waals surface area contributed by atoms with Gasteiger partial charge in [-0.05, 0) is 18.9 Å². The summed E-state index contributed by atoms with van der Waals surface area (Å²) in [6.45, 7) is 2.09. The van der Waals surface area contributed by atoms with Crippen molar-refractivity contribution in [2.24, 2.45) is 0 Å². The lowest BCUT2D eigenvalue weighted by molar-refractivity contribution is -0.151. The van der Waals surface area contributed by atoms with E-state index in [0.29, 0.717) is 18.6 Å². The highest BCUT2D eigenvalue weighted by Crippen LogP contribution is 2.35. The van der Waals surface area contributed by atoms with Gasteiger partial charge >= 0.3 is 5.97 Å². The number of hydrogen-bond acceptors (Lipinski definition) is 4. The number of carbonyl (C=O) groups excluding carboxylic acids is 2. The number of Topliss-reactive ketones (excluding diaryl/α,β-unsaturated/α-hetero) is 1. The molecule has 0 saturated heterocycles. The van der Waals surface area contributed by atoms with Crippen molar-refractivity contribution in [1.29, 1.82) is 0 Å². The van der Waals surface area contributed by atoms with Gasteiger partial charge in [0.15, 0.2) is 5.78 Å². The highest BCUT2D eigenvalue weighted by molar-refractivity contribution is 5.96. The van der Waals surface area contributed by atoms with Gasteiger partial charge < -0.3 is 9.47 Å². The Morgan fingerprint density at radius 2 is 1.56 bits per heavy atom. The van der Waals surface area contributed by atoms with Crippen LogP contribution in [0.3, 0.4) is 0 Å². The van der Waals surface area contributed by atoms with Crippen LogP contribution in [0.2, 0.25) is 0 Å². The number of hydrogen-bond donors (Lipinski definition) is 0. The smallest absolute Gasteiger partial charge is 0.309 e. The van der Waals surface area contributed by atoms with E-state index in [-0.39, 0.29) is 24.6 Å². The van der Waals surface area contributed by atoms with Gasteiger partial charge in [0, 0.05) is 19.1 Å². The van der Waals surface area contributed by atoms with E-state index in [1.54, 1.807) is 26.2 Å². The van der Waals surface area contributed by atoms with Gasteiger partial charge in [0.1, 0.15) is 5.60 Å². The zero-order chi connectivity index (χ0) is 18.1. The second kappa shape index (κ2) is 9.14. The van der Waals surface area contributed by atoms with Crippen LogP contribution in [-0.4, -0.2) is 25.5 Å². The summed E-state index contributed by atoms with van der Waals surface area (Å²) in [6.07, 6.45) is 0.760. The van der Waals surface area contributed by atoms with Crippen molar-refractivity contribution in [2.45, 2.75) is 31.8 Å². The normalized spacial score (nSPS) is 13.0. The van der Waals surface area contributed by atoms with Crippen LogP contribution < -0.4 is 0 Å². The molecular weight excluding hydrogens is 316 g/mol.